The van der Waals surface area contributed by atoms with Gasteiger partial charge in [0, 0.05) is 17.8 Å². The quantitative estimate of drug-likeness (QED) is 0.621. The average molecular weight is 219 g/mol. The van der Waals surface area contributed by atoms with E-state index < -0.39 is 5.97 Å². The number of hydrogen-bond donors (Lipinski definition) is 1. The molecule has 0 aliphatic carbocycles. The summed E-state index contributed by atoms with van der Waals surface area (Å²) in [6, 6.07) is 7.36. The maximum atomic E-state index is 11.3. The zero-order valence-electron chi connectivity index (χ0n) is 9.19. The topological polar surface area (TPSA) is 55.4 Å². The minimum Gasteiger partial charge on any atom is -0.466 e. The predicted octanol–water partition coefficient (Wildman–Crippen LogP) is 1.66. The SMILES string of the molecule is COC(=O)/C=C\C(=O)Nc1ccc(C)cc1. The smallest absolute Gasteiger partial charge is 0.330 e. The molecule has 0 saturated heterocycles. The zero-order chi connectivity index (χ0) is 12.0. The molecule has 1 rings (SSSR count). The van der Waals surface area contributed by atoms with E-state index in [-0.39, 0.29) is 5.91 Å². The summed E-state index contributed by atoms with van der Waals surface area (Å²) in [5.74, 6) is -0.923. The second-order valence-electron chi connectivity index (χ2n) is 3.21. The fourth-order valence-corrected chi connectivity index (χ4v) is 1.03. The minimum absolute atomic E-state index is 0.366. The van der Waals surface area contributed by atoms with Crippen LogP contribution in [0, 0.1) is 6.92 Å². The van der Waals surface area contributed by atoms with E-state index in [0.717, 1.165) is 17.7 Å². The number of benzene rings is 1. The van der Waals surface area contributed by atoms with Crippen LogP contribution >= 0.6 is 0 Å². The monoisotopic (exact) mass is 219 g/mol. The Bertz CT molecular complexity index is 407. The molecule has 0 aromatic heterocycles. The van der Waals surface area contributed by atoms with Crippen molar-refractivity contribution < 1.29 is 14.3 Å². The van der Waals surface area contributed by atoms with Crippen LogP contribution < -0.4 is 5.32 Å². The van der Waals surface area contributed by atoms with E-state index in [2.05, 4.69) is 10.1 Å². The molecule has 0 atom stereocenters. The van der Waals surface area contributed by atoms with Crippen LogP contribution in [0.5, 0.6) is 0 Å². The number of carbonyl (C=O) groups excluding carboxylic acids is 2. The number of esters is 1. The molecule has 0 radical (unpaired) electrons. The molecule has 1 aromatic rings. The molecule has 0 spiro atoms. The normalized spacial score (nSPS) is 10.1. The Balaban J connectivity index is 2.55. The van der Waals surface area contributed by atoms with Crippen molar-refractivity contribution in [2.24, 2.45) is 0 Å². The predicted molar refractivity (Wildman–Crippen MR) is 61.0 cm³/mol. The number of anilines is 1. The van der Waals surface area contributed by atoms with Gasteiger partial charge in [0.15, 0.2) is 0 Å². The Morgan fingerprint density at radius 1 is 1.19 bits per heavy atom. The summed E-state index contributed by atoms with van der Waals surface area (Å²) >= 11 is 0. The Morgan fingerprint density at radius 3 is 2.38 bits per heavy atom. The highest BCUT2D eigenvalue weighted by Crippen LogP contribution is 2.08. The number of ether oxygens (including phenoxy) is 1. The van der Waals surface area contributed by atoms with E-state index >= 15 is 0 Å². The van der Waals surface area contributed by atoms with Gasteiger partial charge >= 0.3 is 5.97 Å². The van der Waals surface area contributed by atoms with Gasteiger partial charge in [-0.3, -0.25) is 4.79 Å². The molecule has 4 heteroatoms. The van der Waals surface area contributed by atoms with Crippen LogP contribution in [0.3, 0.4) is 0 Å². The first kappa shape index (κ1) is 12.0. The third-order valence-electron chi connectivity index (χ3n) is 1.89. The molecule has 0 aliphatic rings. The lowest BCUT2D eigenvalue weighted by Gasteiger charge is -2.01. The summed E-state index contributed by atoms with van der Waals surface area (Å²) in [6.07, 6.45) is 2.20. The number of aryl methyl sites for hydroxylation is 1. The molecule has 0 unspecified atom stereocenters. The highest BCUT2D eigenvalue weighted by atomic mass is 16.5. The van der Waals surface area contributed by atoms with Crippen molar-refractivity contribution in [3.63, 3.8) is 0 Å². The van der Waals surface area contributed by atoms with Crippen LogP contribution in [-0.2, 0) is 14.3 Å². The Kier molecular flexibility index (Phi) is 4.27. The van der Waals surface area contributed by atoms with E-state index in [1.165, 1.54) is 7.11 Å². The van der Waals surface area contributed by atoms with E-state index in [1.54, 1.807) is 12.1 Å². The van der Waals surface area contributed by atoms with Crippen molar-refractivity contribution in [3.05, 3.63) is 42.0 Å². The first-order valence-electron chi connectivity index (χ1n) is 4.75. The van der Waals surface area contributed by atoms with E-state index in [1.807, 2.05) is 19.1 Å². The molecule has 1 aromatic carbocycles. The third kappa shape index (κ3) is 3.96. The van der Waals surface area contributed by atoms with Crippen molar-refractivity contribution in [1.29, 1.82) is 0 Å². The molecular formula is C12H13NO3. The average Bonchev–Trinajstić information content (AvgIpc) is 2.29. The van der Waals surface area contributed by atoms with Gasteiger partial charge in [-0.2, -0.15) is 0 Å². The molecule has 0 heterocycles. The van der Waals surface area contributed by atoms with Crippen LogP contribution in [0.2, 0.25) is 0 Å². The lowest BCUT2D eigenvalue weighted by atomic mass is 10.2. The Morgan fingerprint density at radius 2 is 1.81 bits per heavy atom. The second-order valence-corrected chi connectivity index (χ2v) is 3.21. The molecule has 84 valence electrons. The van der Waals surface area contributed by atoms with Crippen molar-refractivity contribution in [3.8, 4) is 0 Å². The molecular weight excluding hydrogens is 206 g/mol. The molecule has 0 fully saturated rings. The highest BCUT2D eigenvalue weighted by molar-refractivity contribution is 6.02. The fraction of sp³-hybridized carbons (Fsp3) is 0.167. The number of methoxy groups -OCH3 is 1. The second kappa shape index (κ2) is 5.70. The van der Waals surface area contributed by atoms with Gasteiger partial charge in [0.2, 0.25) is 5.91 Å². The maximum Gasteiger partial charge on any atom is 0.330 e. The molecule has 16 heavy (non-hydrogen) atoms. The molecule has 1 amide bonds. The zero-order valence-corrected chi connectivity index (χ0v) is 9.19. The van der Waals surface area contributed by atoms with E-state index in [9.17, 15) is 9.59 Å². The standard InChI is InChI=1S/C12H13NO3/c1-9-3-5-10(6-4-9)13-11(14)7-8-12(15)16-2/h3-8H,1-2H3,(H,13,14)/b8-7-. The number of hydrogen-bond acceptors (Lipinski definition) is 3. The van der Waals surface area contributed by atoms with Gasteiger partial charge in [-0.25, -0.2) is 4.79 Å². The lowest BCUT2D eigenvalue weighted by Crippen LogP contribution is -2.08. The highest BCUT2D eigenvalue weighted by Gasteiger charge is 1.98. The summed E-state index contributed by atoms with van der Waals surface area (Å²) in [4.78, 5) is 22.0. The summed E-state index contributed by atoms with van der Waals surface area (Å²) in [6.45, 7) is 1.96. The summed E-state index contributed by atoms with van der Waals surface area (Å²) in [7, 11) is 1.25. The first-order chi connectivity index (χ1) is 7.61. The number of rotatable bonds is 3. The van der Waals surface area contributed by atoms with Gasteiger partial charge in [0.05, 0.1) is 7.11 Å². The summed E-state index contributed by atoms with van der Waals surface area (Å²) < 4.78 is 4.36. The van der Waals surface area contributed by atoms with Gasteiger partial charge in [-0.15, -0.1) is 0 Å². The van der Waals surface area contributed by atoms with Crippen LogP contribution in [0.4, 0.5) is 5.69 Å². The number of carbonyl (C=O) groups is 2. The van der Waals surface area contributed by atoms with Gasteiger partial charge < -0.3 is 10.1 Å². The largest absolute Gasteiger partial charge is 0.466 e. The van der Waals surface area contributed by atoms with Crippen LogP contribution in [-0.4, -0.2) is 19.0 Å². The minimum atomic E-state index is -0.556. The van der Waals surface area contributed by atoms with Gasteiger partial charge in [-0.1, -0.05) is 17.7 Å². The van der Waals surface area contributed by atoms with E-state index in [0.29, 0.717) is 5.69 Å². The van der Waals surface area contributed by atoms with Crippen LogP contribution in [0.1, 0.15) is 5.56 Å². The van der Waals surface area contributed by atoms with Crippen molar-refractivity contribution >= 4 is 17.6 Å². The molecule has 4 nitrogen and oxygen atoms in total. The number of nitrogens with one attached hydrogen (secondary N) is 1. The lowest BCUT2D eigenvalue weighted by molar-refractivity contribution is -0.135. The van der Waals surface area contributed by atoms with Crippen molar-refractivity contribution in [2.75, 3.05) is 12.4 Å². The van der Waals surface area contributed by atoms with Gasteiger partial charge in [0.1, 0.15) is 0 Å². The van der Waals surface area contributed by atoms with Crippen molar-refractivity contribution in [1.82, 2.24) is 0 Å². The van der Waals surface area contributed by atoms with Crippen molar-refractivity contribution in [2.45, 2.75) is 6.92 Å². The van der Waals surface area contributed by atoms with Gasteiger partial charge in [0.25, 0.3) is 0 Å². The fourth-order valence-electron chi connectivity index (χ4n) is 1.03. The number of amides is 1. The Hall–Kier alpha value is -2.10. The molecule has 1 N–H and O–H groups in total. The van der Waals surface area contributed by atoms with Crippen LogP contribution in [0.25, 0.3) is 0 Å². The van der Waals surface area contributed by atoms with E-state index in [4.69, 9.17) is 0 Å². The molecule has 0 bridgehead atoms. The summed E-state index contributed by atoms with van der Waals surface area (Å²) in [5, 5.41) is 2.62. The summed E-state index contributed by atoms with van der Waals surface area (Å²) in [5.41, 5.74) is 1.80. The van der Waals surface area contributed by atoms with Gasteiger partial charge in [-0.05, 0) is 19.1 Å². The maximum absolute atomic E-state index is 11.3. The molecule has 0 aliphatic heterocycles. The first-order valence-corrected chi connectivity index (χ1v) is 4.75. The molecule has 0 saturated carbocycles. The Labute approximate surface area is 93.9 Å². The van der Waals surface area contributed by atoms with Crippen LogP contribution in [0.15, 0.2) is 36.4 Å². The third-order valence-corrected chi connectivity index (χ3v) is 1.89.